The summed E-state index contributed by atoms with van der Waals surface area (Å²) in [5.74, 6) is 1.82. The highest BCUT2D eigenvalue weighted by molar-refractivity contribution is 5.39. The fraction of sp³-hybridized carbons (Fsp3) is 0.647. The van der Waals surface area contributed by atoms with Crippen LogP contribution in [-0.4, -0.2) is 36.7 Å². The monoisotopic (exact) mass is 274 g/mol. The van der Waals surface area contributed by atoms with Crippen molar-refractivity contribution in [1.82, 2.24) is 10.2 Å². The molecule has 2 aliphatic rings. The van der Waals surface area contributed by atoms with E-state index in [9.17, 15) is 0 Å². The van der Waals surface area contributed by atoms with E-state index in [2.05, 4.69) is 55.3 Å². The Kier molecular flexibility index (Phi) is 3.99. The Morgan fingerprint density at radius 1 is 1.35 bits per heavy atom. The first-order valence-electron chi connectivity index (χ1n) is 7.86. The molecule has 3 heteroatoms. The summed E-state index contributed by atoms with van der Waals surface area (Å²) in [6.45, 7) is 9.94. The predicted octanol–water partition coefficient (Wildman–Crippen LogP) is 2.83. The van der Waals surface area contributed by atoms with Crippen LogP contribution in [0, 0.1) is 5.92 Å². The molecule has 20 heavy (non-hydrogen) atoms. The van der Waals surface area contributed by atoms with Crippen molar-refractivity contribution < 1.29 is 4.74 Å². The molecule has 3 atom stereocenters. The van der Waals surface area contributed by atoms with E-state index in [0.29, 0.717) is 18.1 Å². The number of piperazine rings is 1. The van der Waals surface area contributed by atoms with Crippen molar-refractivity contribution >= 4 is 0 Å². The molecule has 3 unspecified atom stereocenters. The maximum absolute atomic E-state index is 5.87. The molecule has 1 saturated heterocycles. The summed E-state index contributed by atoms with van der Waals surface area (Å²) in [5.41, 5.74) is 1.37. The Balaban J connectivity index is 1.75. The predicted molar refractivity (Wildman–Crippen MR) is 82.1 cm³/mol. The van der Waals surface area contributed by atoms with Crippen LogP contribution in [0.5, 0.6) is 5.75 Å². The first kappa shape index (κ1) is 13.9. The Morgan fingerprint density at radius 2 is 2.15 bits per heavy atom. The van der Waals surface area contributed by atoms with Crippen LogP contribution in [0.1, 0.15) is 38.8 Å². The number of fused-ring (bicyclic) bond motifs is 1. The number of hydrogen-bond acceptors (Lipinski definition) is 3. The van der Waals surface area contributed by atoms with Crippen LogP contribution >= 0.6 is 0 Å². The summed E-state index contributed by atoms with van der Waals surface area (Å²) in [7, 11) is 0. The largest absolute Gasteiger partial charge is 0.491 e. The van der Waals surface area contributed by atoms with Crippen LogP contribution in [0.15, 0.2) is 24.3 Å². The minimum absolute atomic E-state index is 0.429. The lowest BCUT2D eigenvalue weighted by molar-refractivity contribution is 0.0721. The first-order valence-corrected chi connectivity index (χ1v) is 7.86. The maximum atomic E-state index is 5.87. The van der Waals surface area contributed by atoms with Gasteiger partial charge in [-0.25, -0.2) is 0 Å². The molecule has 110 valence electrons. The van der Waals surface area contributed by atoms with Crippen LogP contribution in [0.3, 0.4) is 0 Å². The molecule has 0 aliphatic carbocycles. The highest BCUT2D eigenvalue weighted by Gasteiger charge is 2.35. The lowest BCUT2D eigenvalue weighted by Gasteiger charge is -2.42. The topological polar surface area (TPSA) is 24.5 Å². The molecule has 0 bridgehead atoms. The second kappa shape index (κ2) is 5.74. The van der Waals surface area contributed by atoms with Crippen molar-refractivity contribution in [2.24, 2.45) is 5.92 Å². The van der Waals surface area contributed by atoms with Crippen LogP contribution in [-0.2, 0) is 0 Å². The number of benzene rings is 1. The zero-order valence-corrected chi connectivity index (χ0v) is 12.8. The molecule has 3 nitrogen and oxygen atoms in total. The number of para-hydroxylation sites is 1. The van der Waals surface area contributed by atoms with E-state index in [4.69, 9.17) is 4.74 Å². The molecule has 0 saturated carbocycles. The molecule has 0 amide bonds. The summed E-state index contributed by atoms with van der Waals surface area (Å²) in [4.78, 5) is 2.63. The minimum Gasteiger partial charge on any atom is -0.491 e. The number of nitrogens with one attached hydrogen (secondary N) is 1. The standard InChI is InChI=1S/C17H26N2O/c1-12(2)8-14-10-19(13(3)9-18-14)16-11-20-17-7-5-4-6-15(16)17/h4-7,12-14,16,18H,8-11H2,1-3H3. The average molecular weight is 274 g/mol. The third-order valence-corrected chi connectivity index (χ3v) is 4.53. The van der Waals surface area contributed by atoms with Crippen molar-refractivity contribution in [2.75, 3.05) is 19.7 Å². The van der Waals surface area contributed by atoms with E-state index in [-0.39, 0.29) is 0 Å². The second-order valence-electron chi connectivity index (χ2n) is 6.65. The fourth-order valence-corrected chi connectivity index (χ4v) is 3.53. The Bertz CT molecular complexity index is 460. The van der Waals surface area contributed by atoms with E-state index in [1.165, 1.54) is 12.0 Å². The van der Waals surface area contributed by atoms with Crippen molar-refractivity contribution in [3.63, 3.8) is 0 Å². The SMILES string of the molecule is CC(C)CC1CN(C2COc3ccccc32)C(C)CN1. The van der Waals surface area contributed by atoms with Crippen LogP contribution in [0.25, 0.3) is 0 Å². The quantitative estimate of drug-likeness (QED) is 0.917. The van der Waals surface area contributed by atoms with Gasteiger partial charge in [0.05, 0.1) is 6.04 Å². The van der Waals surface area contributed by atoms with Gasteiger partial charge >= 0.3 is 0 Å². The number of rotatable bonds is 3. The van der Waals surface area contributed by atoms with Crippen molar-refractivity contribution in [3.8, 4) is 5.75 Å². The zero-order chi connectivity index (χ0) is 14.1. The van der Waals surface area contributed by atoms with Crippen LogP contribution in [0.2, 0.25) is 0 Å². The number of ether oxygens (including phenoxy) is 1. The summed E-state index contributed by atoms with van der Waals surface area (Å²) >= 11 is 0. The molecule has 1 fully saturated rings. The normalized spacial score (nSPS) is 30.3. The molecule has 0 radical (unpaired) electrons. The highest BCUT2D eigenvalue weighted by Crippen LogP contribution is 2.37. The van der Waals surface area contributed by atoms with Gasteiger partial charge in [-0.2, -0.15) is 0 Å². The summed E-state index contributed by atoms with van der Waals surface area (Å²) in [5, 5.41) is 3.70. The molecular formula is C17H26N2O. The fourth-order valence-electron chi connectivity index (χ4n) is 3.53. The molecule has 3 rings (SSSR count). The average Bonchev–Trinajstić information content (AvgIpc) is 2.84. The van der Waals surface area contributed by atoms with Gasteiger partial charge in [-0.1, -0.05) is 32.0 Å². The highest BCUT2D eigenvalue weighted by atomic mass is 16.5. The first-order chi connectivity index (χ1) is 9.65. The van der Waals surface area contributed by atoms with Gasteiger partial charge in [0.25, 0.3) is 0 Å². The third kappa shape index (κ3) is 2.70. The lowest BCUT2D eigenvalue weighted by Crippen LogP contribution is -2.56. The van der Waals surface area contributed by atoms with E-state index in [1.807, 2.05) is 0 Å². The van der Waals surface area contributed by atoms with Crippen LogP contribution in [0.4, 0.5) is 0 Å². The molecule has 0 aromatic heterocycles. The summed E-state index contributed by atoms with van der Waals surface area (Å²) in [6, 6.07) is 10.1. The summed E-state index contributed by atoms with van der Waals surface area (Å²) in [6.07, 6.45) is 1.25. The van der Waals surface area contributed by atoms with Gasteiger partial charge in [-0.05, 0) is 25.3 Å². The van der Waals surface area contributed by atoms with Crippen molar-refractivity contribution in [3.05, 3.63) is 29.8 Å². The maximum Gasteiger partial charge on any atom is 0.124 e. The van der Waals surface area contributed by atoms with Gasteiger partial charge < -0.3 is 10.1 Å². The minimum atomic E-state index is 0.429. The van der Waals surface area contributed by atoms with E-state index in [1.54, 1.807) is 0 Å². The number of nitrogens with zero attached hydrogens (tertiary/aromatic N) is 1. The van der Waals surface area contributed by atoms with E-state index in [0.717, 1.165) is 31.4 Å². The van der Waals surface area contributed by atoms with Gasteiger partial charge in [-0.15, -0.1) is 0 Å². The molecule has 1 N–H and O–H groups in total. The molecule has 1 aromatic carbocycles. The molecule has 0 spiro atoms. The number of hydrogen-bond donors (Lipinski definition) is 1. The van der Waals surface area contributed by atoms with Gasteiger partial charge in [0.1, 0.15) is 12.4 Å². The third-order valence-electron chi connectivity index (χ3n) is 4.53. The van der Waals surface area contributed by atoms with Gasteiger partial charge in [0.15, 0.2) is 0 Å². The molecular weight excluding hydrogens is 248 g/mol. The lowest BCUT2D eigenvalue weighted by atomic mass is 9.97. The van der Waals surface area contributed by atoms with Crippen molar-refractivity contribution in [1.29, 1.82) is 0 Å². The Hall–Kier alpha value is -1.06. The van der Waals surface area contributed by atoms with Gasteiger partial charge in [0, 0.05) is 30.7 Å². The zero-order valence-electron chi connectivity index (χ0n) is 12.8. The van der Waals surface area contributed by atoms with Gasteiger partial charge in [-0.3, -0.25) is 4.90 Å². The van der Waals surface area contributed by atoms with Gasteiger partial charge in [0.2, 0.25) is 0 Å². The van der Waals surface area contributed by atoms with E-state index >= 15 is 0 Å². The van der Waals surface area contributed by atoms with E-state index < -0.39 is 0 Å². The molecule has 2 aliphatic heterocycles. The Labute approximate surface area is 122 Å². The van der Waals surface area contributed by atoms with Crippen LogP contribution < -0.4 is 10.1 Å². The molecule has 1 aromatic rings. The molecule has 2 heterocycles. The summed E-state index contributed by atoms with van der Waals surface area (Å²) < 4.78 is 5.87. The second-order valence-corrected chi connectivity index (χ2v) is 6.65. The smallest absolute Gasteiger partial charge is 0.124 e. The Morgan fingerprint density at radius 3 is 2.95 bits per heavy atom. The van der Waals surface area contributed by atoms with Crippen molar-refractivity contribution in [2.45, 2.75) is 45.3 Å².